The van der Waals surface area contributed by atoms with E-state index < -0.39 is 0 Å². The molecule has 1 fully saturated rings. The Morgan fingerprint density at radius 3 is 2.61 bits per heavy atom. The van der Waals surface area contributed by atoms with Gasteiger partial charge in [0.15, 0.2) is 11.5 Å². The number of carbonyl (C=O) groups is 1. The summed E-state index contributed by atoms with van der Waals surface area (Å²) in [6, 6.07) is 10.8. The number of aromatic hydroxyl groups is 1. The first-order valence-electron chi connectivity index (χ1n) is 14.3. The van der Waals surface area contributed by atoms with Crippen LogP contribution in [0.15, 0.2) is 36.4 Å². The van der Waals surface area contributed by atoms with E-state index in [4.69, 9.17) is 15.5 Å². The van der Waals surface area contributed by atoms with E-state index in [-0.39, 0.29) is 18.2 Å². The number of hydrogen-bond donors (Lipinski definition) is 3. The van der Waals surface area contributed by atoms with E-state index in [1.165, 1.54) is 0 Å². The molecule has 0 saturated carbocycles. The number of nitrogens with zero attached hydrogens (tertiary/aromatic N) is 8. The van der Waals surface area contributed by atoms with Crippen molar-refractivity contribution in [1.29, 1.82) is 0 Å². The number of methoxy groups -OCH3 is 1. The molecule has 1 aliphatic heterocycles. The normalized spacial score (nSPS) is 13.3. The summed E-state index contributed by atoms with van der Waals surface area (Å²) in [5.41, 5.74) is 11.1. The van der Waals surface area contributed by atoms with Crippen molar-refractivity contribution in [3.05, 3.63) is 64.9 Å². The minimum absolute atomic E-state index is 0.129. The first kappa shape index (κ1) is 30.2. The van der Waals surface area contributed by atoms with Crippen LogP contribution >= 0.6 is 0 Å². The van der Waals surface area contributed by atoms with Crippen molar-refractivity contribution in [2.24, 2.45) is 7.05 Å². The predicted molar refractivity (Wildman–Crippen MR) is 167 cm³/mol. The Morgan fingerprint density at radius 2 is 1.86 bits per heavy atom. The molecular weight excluding hydrogens is 560 g/mol. The molecule has 4 N–H and O–H groups in total. The fourth-order valence-corrected chi connectivity index (χ4v) is 5.04. The third-order valence-corrected chi connectivity index (χ3v) is 7.59. The number of aryl methyl sites for hydroxylation is 1. The number of amides is 1. The molecule has 5 rings (SSSR count). The molecule has 1 saturated heterocycles. The van der Waals surface area contributed by atoms with Gasteiger partial charge >= 0.3 is 0 Å². The van der Waals surface area contributed by atoms with Crippen molar-refractivity contribution in [1.82, 2.24) is 35.3 Å². The maximum Gasteiger partial charge on any atom is 0.272 e. The number of rotatable bonds is 7. The van der Waals surface area contributed by atoms with Gasteiger partial charge in [-0.25, -0.2) is 9.97 Å². The molecule has 1 aliphatic rings. The van der Waals surface area contributed by atoms with Crippen molar-refractivity contribution in [2.75, 3.05) is 55.4 Å². The lowest BCUT2D eigenvalue weighted by atomic mass is 10.1. The van der Waals surface area contributed by atoms with E-state index in [1.54, 1.807) is 30.0 Å². The number of nitrogens with two attached hydrogens (primary N) is 1. The number of carbonyl (C=O) groups excluding carboxylic acids is 1. The second-order valence-electron chi connectivity index (χ2n) is 10.5. The lowest BCUT2D eigenvalue weighted by Crippen LogP contribution is -2.32. The minimum atomic E-state index is -0.276. The van der Waals surface area contributed by atoms with Gasteiger partial charge < -0.3 is 30.7 Å². The van der Waals surface area contributed by atoms with E-state index in [0.717, 1.165) is 42.3 Å². The predicted octanol–water partition coefficient (Wildman–Crippen LogP) is 2.22. The summed E-state index contributed by atoms with van der Waals surface area (Å²) in [7, 11) is 3.42. The molecule has 1 aromatic carbocycles. The number of aromatic nitrogens is 6. The maximum atomic E-state index is 12.6. The van der Waals surface area contributed by atoms with Crippen LogP contribution in [0.5, 0.6) is 5.75 Å². The third kappa shape index (κ3) is 6.71. The van der Waals surface area contributed by atoms with Crippen molar-refractivity contribution >= 4 is 23.2 Å². The molecule has 0 atom stereocenters. The number of nitrogens with one attached hydrogen (secondary N) is 1. The van der Waals surface area contributed by atoms with Gasteiger partial charge in [-0.05, 0) is 44.4 Å². The molecule has 1 amide bonds. The lowest BCUT2D eigenvalue weighted by molar-refractivity contribution is 0.0952. The molecular formula is C31H36N10O3. The van der Waals surface area contributed by atoms with E-state index in [9.17, 15) is 9.90 Å². The summed E-state index contributed by atoms with van der Waals surface area (Å²) >= 11 is 0. The molecule has 3 aromatic heterocycles. The largest absolute Gasteiger partial charge is 0.507 e. The number of benzene rings is 1. The van der Waals surface area contributed by atoms with Crippen molar-refractivity contribution in [3.8, 4) is 28.8 Å². The maximum absolute atomic E-state index is 12.6. The quantitative estimate of drug-likeness (QED) is 0.268. The van der Waals surface area contributed by atoms with Crippen molar-refractivity contribution in [3.63, 3.8) is 0 Å². The number of anilines is 3. The fourth-order valence-electron chi connectivity index (χ4n) is 5.04. The smallest absolute Gasteiger partial charge is 0.272 e. The van der Waals surface area contributed by atoms with Gasteiger partial charge in [-0.3, -0.25) is 9.48 Å². The van der Waals surface area contributed by atoms with Crippen LogP contribution in [-0.2, 0) is 18.4 Å². The molecule has 0 aliphatic carbocycles. The summed E-state index contributed by atoms with van der Waals surface area (Å²) in [6.45, 7) is 7.08. The number of hydrogen-bond acceptors (Lipinski definition) is 11. The average Bonchev–Trinajstić information content (AvgIpc) is 3.17. The highest BCUT2D eigenvalue weighted by Crippen LogP contribution is 2.32. The summed E-state index contributed by atoms with van der Waals surface area (Å²) in [4.78, 5) is 26.2. The Balaban J connectivity index is 1.29. The van der Waals surface area contributed by atoms with Gasteiger partial charge in [0.05, 0.1) is 30.2 Å². The van der Waals surface area contributed by atoms with Crippen LogP contribution in [0.1, 0.15) is 39.7 Å². The fraction of sp³-hybridized carbons (Fsp3) is 0.355. The van der Waals surface area contributed by atoms with Gasteiger partial charge in [0.1, 0.15) is 11.6 Å². The summed E-state index contributed by atoms with van der Waals surface area (Å²) < 4.78 is 7.03. The van der Waals surface area contributed by atoms with Crippen LogP contribution in [0.25, 0.3) is 11.3 Å². The second kappa shape index (κ2) is 13.4. The van der Waals surface area contributed by atoms with Gasteiger partial charge in [0, 0.05) is 63.2 Å². The SMILES string of the molecule is COCc1cc(N2CCCN(c3cc(-c4ccccc4O)nnc3N)CC2)nc(C#CCNC(=O)c2nn(C)c(C)c2C)n1. The van der Waals surface area contributed by atoms with Crippen LogP contribution in [0, 0.1) is 25.7 Å². The average molecular weight is 597 g/mol. The zero-order valence-electron chi connectivity index (χ0n) is 25.3. The monoisotopic (exact) mass is 596 g/mol. The summed E-state index contributed by atoms with van der Waals surface area (Å²) in [5, 5.41) is 25.8. The van der Waals surface area contributed by atoms with Gasteiger partial charge in [0.2, 0.25) is 5.82 Å². The Kier molecular flexibility index (Phi) is 9.20. The van der Waals surface area contributed by atoms with E-state index in [0.29, 0.717) is 54.0 Å². The standard InChI is InChI=1S/C31H36N10O3/c1-20-21(2)39(3)38-29(20)31(43)33-12-7-11-27-34-22(19-44-4)17-28(35-27)41-14-8-13-40(15-16-41)25-18-24(36-37-30(25)32)23-9-5-6-10-26(23)42/h5-6,9-10,17-18,42H,8,12-16,19H2,1-4H3,(H2,32,37)(H,33,43). The summed E-state index contributed by atoms with van der Waals surface area (Å²) in [6.07, 6.45) is 0.844. The Bertz CT molecular complexity index is 1730. The Labute approximate surface area is 256 Å². The second-order valence-corrected chi connectivity index (χ2v) is 10.5. The highest BCUT2D eigenvalue weighted by Gasteiger charge is 2.21. The number of nitrogen functional groups attached to an aromatic ring is 1. The van der Waals surface area contributed by atoms with Crippen LogP contribution in [-0.4, -0.2) is 80.8 Å². The van der Waals surface area contributed by atoms with Crippen molar-refractivity contribution in [2.45, 2.75) is 26.9 Å². The van der Waals surface area contributed by atoms with Gasteiger partial charge in [-0.2, -0.15) is 5.10 Å². The Morgan fingerprint density at radius 1 is 1.09 bits per heavy atom. The van der Waals surface area contributed by atoms with Crippen LogP contribution < -0.4 is 20.9 Å². The number of para-hydroxylation sites is 1. The molecule has 0 radical (unpaired) electrons. The number of phenolic OH excluding ortho intramolecular Hbond substituents is 1. The molecule has 228 valence electrons. The third-order valence-electron chi connectivity index (χ3n) is 7.59. The van der Waals surface area contributed by atoms with Gasteiger partial charge in [-0.15, -0.1) is 10.2 Å². The van der Waals surface area contributed by atoms with E-state index in [1.807, 2.05) is 39.1 Å². The van der Waals surface area contributed by atoms with Crippen LogP contribution in [0.4, 0.5) is 17.3 Å². The molecule has 0 unspecified atom stereocenters. The molecule has 0 bridgehead atoms. The van der Waals surface area contributed by atoms with E-state index >= 15 is 0 Å². The zero-order chi connectivity index (χ0) is 31.2. The van der Waals surface area contributed by atoms with Crippen LogP contribution in [0.3, 0.4) is 0 Å². The zero-order valence-corrected chi connectivity index (χ0v) is 25.3. The molecule has 0 spiro atoms. The van der Waals surface area contributed by atoms with Gasteiger partial charge in [-0.1, -0.05) is 18.1 Å². The Hall–Kier alpha value is -5.22. The van der Waals surface area contributed by atoms with E-state index in [2.05, 4.69) is 47.2 Å². The lowest BCUT2D eigenvalue weighted by Gasteiger charge is -2.25. The van der Waals surface area contributed by atoms with Gasteiger partial charge in [0.25, 0.3) is 5.91 Å². The van der Waals surface area contributed by atoms with Crippen LogP contribution in [0.2, 0.25) is 0 Å². The molecule has 4 heterocycles. The minimum Gasteiger partial charge on any atom is -0.507 e. The first-order chi connectivity index (χ1) is 21.2. The molecule has 13 nitrogen and oxygen atoms in total. The number of phenols is 1. The first-order valence-corrected chi connectivity index (χ1v) is 14.3. The topological polar surface area (TPSA) is 160 Å². The highest BCUT2D eigenvalue weighted by molar-refractivity contribution is 5.94. The highest BCUT2D eigenvalue weighted by atomic mass is 16.5. The number of ether oxygens (including phenoxy) is 1. The molecule has 44 heavy (non-hydrogen) atoms. The molecule has 4 aromatic rings. The van der Waals surface area contributed by atoms with Crippen molar-refractivity contribution < 1.29 is 14.6 Å². The molecule has 13 heteroatoms. The summed E-state index contributed by atoms with van der Waals surface area (Å²) in [5.74, 6) is 7.24.